The number of carbonyl (C=O) groups excluding carboxylic acids is 1. The van der Waals surface area contributed by atoms with E-state index in [4.69, 9.17) is 0 Å². The fourth-order valence-corrected chi connectivity index (χ4v) is 3.25. The number of phenols is 1. The zero-order valence-corrected chi connectivity index (χ0v) is 14.2. The van der Waals surface area contributed by atoms with Crippen LogP contribution >= 0.6 is 0 Å². The Balaban J connectivity index is 1.59. The molecule has 1 amide bonds. The van der Waals surface area contributed by atoms with Gasteiger partial charge in [0.2, 0.25) is 0 Å². The summed E-state index contributed by atoms with van der Waals surface area (Å²) >= 11 is 0. The van der Waals surface area contributed by atoms with E-state index in [0.717, 1.165) is 19.5 Å². The van der Waals surface area contributed by atoms with Gasteiger partial charge in [-0.1, -0.05) is 24.3 Å². The van der Waals surface area contributed by atoms with E-state index in [2.05, 4.69) is 33.4 Å². The number of aromatic nitrogens is 1. The summed E-state index contributed by atoms with van der Waals surface area (Å²) in [5, 5.41) is 12.2. The smallest absolute Gasteiger partial charge is 0.259 e. The minimum absolute atomic E-state index is 0.164. The second-order valence-electron chi connectivity index (χ2n) is 6.32. The average Bonchev–Trinajstić information content (AvgIpc) is 2.69. The lowest BCUT2D eigenvalue weighted by atomic mass is 9.99. The van der Waals surface area contributed by atoms with Crippen LogP contribution in [0.5, 0.6) is 5.75 Å². The first-order valence-electron chi connectivity index (χ1n) is 8.58. The topological polar surface area (TPSA) is 65.5 Å². The Morgan fingerprint density at radius 2 is 1.77 bits per heavy atom. The first-order chi connectivity index (χ1) is 12.7. The van der Waals surface area contributed by atoms with E-state index in [-0.39, 0.29) is 11.7 Å². The van der Waals surface area contributed by atoms with Crippen LogP contribution in [0.2, 0.25) is 0 Å². The molecule has 26 heavy (non-hydrogen) atoms. The average molecular weight is 345 g/mol. The Bertz CT molecular complexity index is 938. The molecule has 0 unspecified atom stereocenters. The van der Waals surface area contributed by atoms with Crippen molar-refractivity contribution in [1.82, 2.24) is 4.98 Å². The van der Waals surface area contributed by atoms with Crippen molar-refractivity contribution in [2.75, 3.05) is 16.8 Å². The van der Waals surface area contributed by atoms with Crippen LogP contribution in [0.25, 0.3) is 0 Å². The number of carbonyl (C=O) groups is 1. The molecule has 1 aromatic heterocycles. The third kappa shape index (κ3) is 3.24. The van der Waals surface area contributed by atoms with Gasteiger partial charge >= 0.3 is 0 Å². The number of rotatable bonds is 3. The molecule has 5 nitrogen and oxygen atoms in total. The second-order valence-corrected chi connectivity index (χ2v) is 6.32. The largest absolute Gasteiger partial charge is 0.508 e. The number of nitrogens with one attached hydrogen (secondary N) is 1. The molecule has 130 valence electrons. The van der Waals surface area contributed by atoms with E-state index in [1.807, 2.05) is 6.07 Å². The van der Waals surface area contributed by atoms with Crippen molar-refractivity contribution in [3.63, 3.8) is 0 Å². The number of anilines is 2. The van der Waals surface area contributed by atoms with E-state index in [1.54, 1.807) is 42.6 Å². The summed E-state index contributed by atoms with van der Waals surface area (Å²) in [6.45, 7) is 1.57. The molecule has 4 rings (SSSR count). The van der Waals surface area contributed by atoms with Gasteiger partial charge in [-0.15, -0.1) is 0 Å². The van der Waals surface area contributed by atoms with E-state index in [9.17, 15) is 9.90 Å². The van der Waals surface area contributed by atoms with Crippen molar-refractivity contribution >= 4 is 17.4 Å². The monoisotopic (exact) mass is 345 g/mol. The predicted molar refractivity (Wildman–Crippen MR) is 101 cm³/mol. The predicted octanol–water partition coefficient (Wildman–Crippen LogP) is 3.60. The molecule has 2 heterocycles. The van der Waals surface area contributed by atoms with Crippen LogP contribution in [0, 0.1) is 0 Å². The first kappa shape index (κ1) is 16.1. The standard InChI is InChI=1S/C21H19N3O2/c25-18-9-7-17(8-10-18)23-21(26)19-6-3-12-22-20(19)24-13-11-15-4-1-2-5-16(15)14-24/h1-10,12,25H,11,13-14H2,(H,23,26). The molecule has 0 saturated heterocycles. The van der Waals surface area contributed by atoms with Gasteiger partial charge in [0.1, 0.15) is 11.6 Å². The number of fused-ring (bicyclic) bond motifs is 1. The van der Waals surface area contributed by atoms with E-state index < -0.39 is 0 Å². The summed E-state index contributed by atoms with van der Waals surface area (Å²) in [4.78, 5) is 19.4. The van der Waals surface area contributed by atoms with Crippen LogP contribution in [0.4, 0.5) is 11.5 Å². The van der Waals surface area contributed by atoms with Gasteiger partial charge in [-0.3, -0.25) is 4.79 Å². The van der Waals surface area contributed by atoms with Crippen LogP contribution < -0.4 is 10.2 Å². The highest BCUT2D eigenvalue weighted by atomic mass is 16.3. The zero-order chi connectivity index (χ0) is 17.9. The minimum atomic E-state index is -0.211. The lowest BCUT2D eigenvalue weighted by Crippen LogP contribution is -2.32. The molecule has 1 aliphatic heterocycles. The third-order valence-corrected chi connectivity index (χ3v) is 4.59. The van der Waals surface area contributed by atoms with Crippen molar-refractivity contribution in [2.24, 2.45) is 0 Å². The molecule has 0 fully saturated rings. The van der Waals surface area contributed by atoms with E-state index in [1.165, 1.54) is 11.1 Å². The van der Waals surface area contributed by atoms with Gasteiger partial charge in [-0.05, 0) is 53.9 Å². The summed E-state index contributed by atoms with van der Waals surface area (Å²) in [6.07, 6.45) is 2.65. The Labute approximate surface area is 151 Å². The number of pyridine rings is 1. The molecule has 5 heteroatoms. The molecule has 0 spiro atoms. The highest BCUT2D eigenvalue weighted by molar-refractivity contribution is 6.07. The number of hydrogen-bond donors (Lipinski definition) is 2. The molecule has 1 aliphatic rings. The number of nitrogens with zero attached hydrogens (tertiary/aromatic N) is 2. The molecule has 0 radical (unpaired) electrons. The normalized spacial score (nSPS) is 13.2. The van der Waals surface area contributed by atoms with Gasteiger partial charge in [-0.2, -0.15) is 0 Å². The molecule has 0 bridgehead atoms. The fourth-order valence-electron chi connectivity index (χ4n) is 3.25. The lowest BCUT2D eigenvalue weighted by molar-refractivity contribution is 0.102. The second kappa shape index (κ2) is 6.88. The number of phenolic OH excluding ortho intramolecular Hbond substituents is 1. The SMILES string of the molecule is O=C(Nc1ccc(O)cc1)c1cccnc1N1CCc2ccccc2C1. The Kier molecular flexibility index (Phi) is 4.27. The molecule has 0 saturated carbocycles. The van der Waals surface area contributed by atoms with Gasteiger partial charge in [0.25, 0.3) is 5.91 Å². The highest BCUT2D eigenvalue weighted by Gasteiger charge is 2.22. The summed E-state index contributed by atoms with van der Waals surface area (Å²) in [5.74, 6) is 0.646. The fraction of sp³-hybridized carbons (Fsp3) is 0.143. The van der Waals surface area contributed by atoms with Crippen molar-refractivity contribution < 1.29 is 9.90 Å². The quantitative estimate of drug-likeness (QED) is 0.712. The Morgan fingerprint density at radius 1 is 1.00 bits per heavy atom. The van der Waals surface area contributed by atoms with Crippen LogP contribution in [0.15, 0.2) is 66.9 Å². The zero-order valence-electron chi connectivity index (χ0n) is 14.2. The maximum atomic E-state index is 12.8. The van der Waals surface area contributed by atoms with Crippen LogP contribution in [0.3, 0.4) is 0 Å². The summed E-state index contributed by atoms with van der Waals surface area (Å²) < 4.78 is 0. The van der Waals surface area contributed by atoms with Gasteiger partial charge in [0, 0.05) is 25.0 Å². The number of aromatic hydroxyl groups is 1. The molecule has 2 N–H and O–H groups in total. The summed E-state index contributed by atoms with van der Waals surface area (Å²) in [5.41, 5.74) is 3.80. The van der Waals surface area contributed by atoms with E-state index in [0.29, 0.717) is 17.1 Å². The van der Waals surface area contributed by atoms with Crippen LogP contribution in [-0.4, -0.2) is 22.5 Å². The molecular formula is C21H19N3O2. The number of benzene rings is 2. The van der Waals surface area contributed by atoms with Crippen molar-refractivity contribution in [2.45, 2.75) is 13.0 Å². The van der Waals surface area contributed by atoms with Gasteiger partial charge in [0.05, 0.1) is 5.56 Å². The minimum Gasteiger partial charge on any atom is -0.508 e. The van der Waals surface area contributed by atoms with Gasteiger partial charge < -0.3 is 15.3 Å². The molecular weight excluding hydrogens is 326 g/mol. The first-order valence-corrected chi connectivity index (χ1v) is 8.58. The summed E-state index contributed by atoms with van der Waals surface area (Å²) in [7, 11) is 0. The lowest BCUT2D eigenvalue weighted by Gasteiger charge is -2.30. The highest BCUT2D eigenvalue weighted by Crippen LogP contribution is 2.26. The van der Waals surface area contributed by atoms with Crippen molar-refractivity contribution in [3.8, 4) is 5.75 Å². The summed E-state index contributed by atoms with van der Waals surface area (Å²) in [6, 6.07) is 18.4. The van der Waals surface area contributed by atoms with Crippen LogP contribution in [0.1, 0.15) is 21.5 Å². The maximum absolute atomic E-state index is 12.8. The molecule has 2 aromatic carbocycles. The van der Waals surface area contributed by atoms with Gasteiger partial charge in [0.15, 0.2) is 0 Å². The maximum Gasteiger partial charge on any atom is 0.259 e. The number of amides is 1. The van der Waals surface area contributed by atoms with Gasteiger partial charge in [-0.25, -0.2) is 4.98 Å². The van der Waals surface area contributed by atoms with Crippen LogP contribution in [-0.2, 0) is 13.0 Å². The molecule has 0 atom stereocenters. The molecule has 3 aromatic rings. The third-order valence-electron chi connectivity index (χ3n) is 4.59. The van der Waals surface area contributed by atoms with Crippen molar-refractivity contribution in [1.29, 1.82) is 0 Å². The Morgan fingerprint density at radius 3 is 2.58 bits per heavy atom. The molecule has 0 aliphatic carbocycles. The number of hydrogen-bond acceptors (Lipinski definition) is 4. The van der Waals surface area contributed by atoms with Crippen molar-refractivity contribution in [3.05, 3.63) is 83.6 Å². The Hall–Kier alpha value is -3.34. The van der Waals surface area contributed by atoms with E-state index >= 15 is 0 Å².